The topological polar surface area (TPSA) is 83.4 Å². The molecule has 0 unspecified atom stereocenters. The number of methoxy groups -OCH3 is 2. The number of ether oxygens (including phenoxy) is 2. The highest BCUT2D eigenvalue weighted by molar-refractivity contribution is 5.85. The second kappa shape index (κ2) is 9.22. The van der Waals surface area contributed by atoms with Crippen LogP contribution in [0.5, 0.6) is 11.5 Å². The van der Waals surface area contributed by atoms with Gasteiger partial charge in [0.25, 0.3) is 0 Å². The van der Waals surface area contributed by atoms with Crippen LogP contribution < -0.4 is 15.2 Å². The lowest BCUT2D eigenvalue weighted by Gasteiger charge is -2.08. The van der Waals surface area contributed by atoms with Crippen molar-refractivity contribution in [1.29, 1.82) is 0 Å². The van der Waals surface area contributed by atoms with Gasteiger partial charge in [0.05, 0.1) is 20.3 Å². The molecule has 0 saturated carbocycles. The predicted molar refractivity (Wildman–Crippen MR) is 101 cm³/mol. The van der Waals surface area contributed by atoms with Crippen molar-refractivity contribution in [2.24, 2.45) is 5.73 Å². The first kappa shape index (κ1) is 19.8. The number of benzene rings is 2. The maximum atomic E-state index is 6.18. The average Bonchev–Trinajstić information content (AvgIpc) is 3.11. The molecule has 26 heavy (non-hydrogen) atoms. The third kappa shape index (κ3) is 4.74. The van der Waals surface area contributed by atoms with Gasteiger partial charge in [-0.05, 0) is 29.7 Å². The minimum absolute atomic E-state index is 0. The van der Waals surface area contributed by atoms with Crippen LogP contribution in [0.15, 0.2) is 53.1 Å². The number of nitrogens with two attached hydrogens (primary N) is 1. The van der Waals surface area contributed by atoms with Crippen molar-refractivity contribution >= 4 is 12.4 Å². The monoisotopic (exact) mass is 375 g/mol. The van der Waals surface area contributed by atoms with Crippen LogP contribution in [-0.4, -0.2) is 24.4 Å². The molecule has 0 spiro atoms. The predicted octanol–water partition coefficient (Wildman–Crippen LogP) is 3.34. The Morgan fingerprint density at radius 3 is 2.42 bits per heavy atom. The van der Waals surface area contributed by atoms with Crippen LogP contribution >= 0.6 is 12.4 Å². The smallest absolute Gasteiger partial charge is 0.243 e. The van der Waals surface area contributed by atoms with E-state index in [9.17, 15) is 0 Å². The molecule has 3 rings (SSSR count). The number of aromatic nitrogens is 2. The molecule has 2 N–H and O–H groups in total. The fourth-order valence-electron chi connectivity index (χ4n) is 2.62. The Labute approximate surface area is 158 Å². The fraction of sp³-hybridized carbons (Fsp3) is 0.263. The highest BCUT2D eigenvalue weighted by Gasteiger charge is 2.16. The summed E-state index contributed by atoms with van der Waals surface area (Å²) in [5.74, 6) is 2.39. The zero-order chi connectivity index (χ0) is 17.6. The molecule has 0 aliphatic carbocycles. The summed E-state index contributed by atoms with van der Waals surface area (Å²) >= 11 is 0. The molecule has 0 aliphatic heterocycles. The highest BCUT2D eigenvalue weighted by Crippen LogP contribution is 2.28. The van der Waals surface area contributed by atoms with Gasteiger partial charge in [-0.15, -0.1) is 12.4 Å². The van der Waals surface area contributed by atoms with Gasteiger partial charge in [-0.25, -0.2) is 0 Å². The lowest BCUT2D eigenvalue weighted by molar-refractivity contribution is 0.350. The summed E-state index contributed by atoms with van der Waals surface area (Å²) in [6, 6.07) is 15.4. The number of halogens is 1. The lowest BCUT2D eigenvalue weighted by Crippen LogP contribution is -2.13. The third-order valence-corrected chi connectivity index (χ3v) is 3.91. The summed E-state index contributed by atoms with van der Waals surface area (Å²) in [6.07, 6.45) is 1.18. The van der Waals surface area contributed by atoms with Crippen molar-refractivity contribution in [1.82, 2.24) is 10.1 Å². The molecule has 7 heteroatoms. The Morgan fingerprint density at radius 1 is 1.00 bits per heavy atom. The average molecular weight is 376 g/mol. The van der Waals surface area contributed by atoms with Crippen molar-refractivity contribution in [3.8, 4) is 11.5 Å². The number of hydrogen-bond acceptors (Lipinski definition) is 6. The Balaban J connectivity index is 0.00000243. The fourth-order valence-corrected chi connectivity index (χ4v) is 2.62. The van der Waals surface area contributed by atoms with Gasteiger partial charge < -0.3 is 19.7 Å². The van der Waals surface area contributed by atoms with E-state index in [4.69, 9.17) is 19.7 Å². The van der Waals surface area contributed by atoms with Crippen molar-refractivity contribution in [3.63, 3.8) is 0 Å². The first-order chi connectivity index (χ1) is 12.2. The summed E-state index contributed by atoms with van der Waals surface area (Å²) < 4.78 is 15.9. The van der Waals surface area contributed by atoms with Gasteiger partial charge in [0.2, 0.25) is 5.89 Å². The summed E-state index contributed by atoms with van der Waals surface area (Å²) in [6.45, 7) is 0. The van der Waals surface area contributed by atoms with Gasteiger partial charge in [-0.1, -0.05) is 41.6 Å². The summed E-state index contributed by atoms with van der Waals surface area (Å²) in [5.41, 5.74) is 8.32. The van der Waals surface area contributed by atoms with E-state index in [-0.39, 0.29) is 18.4 Å². The Kier molecular flexibility index (Phi) is 7.00. The zero-order valence-electron chi connectivity index (χ0n) is 14.7. The first-order valence-electron chi connectivity index (χ1n) is 8.02. The van der Waals surface area contributed by atoms with E-state index in [1.54, 1.807) is 14.2 Å². The molecular formula is C19H22ClN3O3. The third-order valence-electron chi connectivity index (χ3n) is 3.91. The molecule has 0 fully saturated rings. The summed E-state index contributed by atoms with van der Waals surface area (Å²) in [5, 5.41) is 4.03. The van der Waals surface area contributed by atoms with Gasteiger partial charge in [-0.2, -0.15) is 4.98 Å². The van der Waals surface area contributed by atoms with Gasteiger partial charge in [0, 0.05) is 6.42 Å². The Morgan fingerprint density at radius 2 is 1.73 bits per heavy atom. The zero-order valence-corrected chi connectivity index (χ0v) is 15.5. The van der Waals surface area contributed by atoms with E-state index in [1.807, 2.05) is 48.5 Å². The molecule has 1 aromatic heterocycles. The van der Waals surface area contributed by atoms with Crippen LogP contribution in [0.3, 0.4) is 0 Å². The molecule has 3 aromatic rings. The Bertz CT molecular complexity index is 824. The van der Waals surface area contributed by atoms with E-state index in [2.05, 4.69) is 10.1 Å². The van der Waals surface area contributed by atoms with E-state index in [0.717, 1.165) is 11.1 Å². The van der Waals surface area contributed by atoms with Crippen molar-refractivity contribution in [2.45, 2.75) is 18.9 Å². The van der Waals surface area contributed by atoms with Crippen molar-refractivity contribution in [2.75, 3.05) is 14.2 Å². The molecule has 138 valence electrons. The molecule has 0 bridgehead atoms. The molecule has 0 radical (unpaired) electrons. The minimum Gasteiger partial charge on any atom is -0.493 e. The molecule has 2 aromatic carbocycles. The lowest BCUT2D eigenvalue weighted by atomic mass is 10.1. The maximum absolute atomic E-state index is 6.18. The molecular weight excluding hydrogens is 354 g/mol. The highest BCUT2D eigenvalue weighted by atomic mass is 35.5. The largest absolute Gasteiger partial charge is 0.493 e. The first-order valence-corrected chi connectivity index (χ1v) is 8.02. The summed E-state index contributed by atoms with van der Waals surface area (Å²) in [7, 11) is 3.22. The van der Waals surface area contributed by atoms with Gasteiger partial charge in [-0.3, -0.25) is 0 Å². The van der Waals surface area contributed by atoms with Crippen LogP contribution in [0.25, 0.3) is 0 Å². The molecule has 0 aliphatic rings. The molecule has 6 nitrogen and oxygen atoms in total. The molecule has 1 heterocycles. The van der Waals surface area contributed by atoms with E-state index < -0.39 is 0 Å². The SMILES string of the molecule is COc1ccc(Cc2noc([C@@H](N)Cc3ccccc3)n2)cc1OC.Cl. The van der Waals surface area contributed by atoms with Crippen molar-refractivity contribution in [3.05, 3.63) is 71.4 Å². The quantitative estimate of drug-likeness (QED) is 0.681. The van der Waals surface area contributed by atoms with Crippen LogP contribution in [0, 0.1) is 0 Å². The van der Waals surface area contributed by atoms with E-state index in [1.165, 1.54) is 0 Å². The van der Waals surface area contributed by atoms with E-state index >= 15 is 0 Å². The number of rotatable bonds is 7. The minimum atomic E-state index is -0.325. The Hall–Kier alpha value is -2.57. The van der Waals surface area contributed by atoms with Gasteiger partial charge >= 0.3 is 0 Å². The molecule has 0 saturated heterocycles. The second-order valence-electron chi connectivity index (χ2n) is 5.71. The normalized spacial score (nSPS) is 11.5. The standard InChI is InChI=1S/C19H21N3O3.ClH/c1-23-16-9-8-14(11-17(16)24-2)12-18-21-19(25-22-18)15(20)10-13-6-4-3-5-7-13;/h3-9,11,15H,10,12,20H2,1-2H3;1H/t15-;/m0./s1. The number of hydrogen-bond donors (Lipinski definition) is 1. The molecule has 0 amide bonds. The van der Waals surface area contributed by atoms with Gasteiger partial charge in [0.15, 0.2) is 17.3 Å². The van der Waals surface area contributed by atoms with Crippen LogP contribution in [-0.2, 0) is 12.8 Å². The van der Waals surface area contributed by atoms with Crippen molar-refractivity contribution < 1.29 is 14.0 Å². The van der Waals surface area contributed by atoms with Crippen LogP contribution in [0.4, 0.5) is 0 Å². The van der Waals surface area contributed by atoms with Gasteiger partial charge in [0.1, 0.15) is 0 Å². The van der Waals surface area contributed by atoms with Crippen LogP contribution in [0.1, 0.15) is 28.9 Å². The van der Waals surface area contributed by atoms with Crippen LogP contribution in [0.2, 0.25) is 0 Å². The van der Waals surface area contributed by atoms with E-state index in [0.29, 0.717) is 36.1 Å². The number of nitrogens with zero attached hydrogens (tertiary/aromatic N) is 2. The maximum Gasteiger partial charge on any atom is 0.243 e. The second-order valence-corrected chi connectivity index (χ2v) is 5.71. The molecule has 1 atom stereocenters. The summed E-state index contributed by atoms with van der Waals surface area (Å²) in [4.78, 5) is 4.42.